The van der Waals surface area contributed by atoms with Crippen LogP contribution in [0.15, 0.2) is 66.9 Å². The average molecular weight is 330 g/mol. The number of nitrogens with zero attached hydrogens (tertiary/aromatic N) is 1. The molecule has 1 heterocycles. The van der Waals surface area contributed by atoms with E-state index >= 15 is 0 Å². The summed E-state index contributed by atoms with van der Waals surface area (Å²) in [6.45, 7) is 0. The van der Waals surface area contributed by atoms with Crippen LogP contribution in [0.1, 0.15) is 47.5 Å². The van der Waals surface area contributed by atoms with Gasteiger partial charge in [-0.2, -0.15) is 0 Å². The van der Waals surface area contributed by atoms with Gasteiger partial charge in [0.15, 0.2) is 0 Å². The molecule has 1 amide bonds. The minimum atomic E-state index is 0.0155. The molecule has 1 aliphatic rings. The maximum atomic E-state index is 12.7. The molecular weight excluding hydrogens is 308 g/mol. The molecule has 3 nitrogen and oxygen atoms in total. The molecule has 0 atom stereocenters. The molecule has 25 heavy (non-hydrogen) atoms. The van der Waals surface area contributed by atoms with Crippen molar-refractivity contribution in [2.24, 2.45) is 0 Å². The van der Waals surface area contributed by atoms with E-state index in [0.717, 1.165) is 42.1 Å². The molecule has 1 N–H and O–H groups in total. The molecular formula is C22H22N2O. The zero-order valence-corrected chi connectivity index (χ0v) is 14.2. The van der Waals surface area contributed by atoms with Gasteiger partial charge in [-0.05, 0) is 55.4 Å². The number of hydrogen-bond acceptors (Lipinski definition) is 2. The van der Waals surface area contributed by atoms with Gasteiger partial charge in [-0.1, -0.05) is 42.5 Å². The van der Waals surface area contributed by atoms with Crippen LogP contribution in [-0.2, 0) is 0 Å². The third-order valence-electron chi connectivity index (χ3n) is 5.22. The van der Waals surface area contributed by atoms with Crippen molar-refractivity contribution < 1.29 is 4.79 Å². The largest absolute Gasteiger partial charge is 0.349 e. The van der Waals surface area contributed by atoms with Crippen LogP contribution >= 0.6 is 0 Å². The minimum absolute atomic E-state index is 0.0155. The van der Waals surface area contributed by atoms with Gasteiger partial charge in [-0.25, -0.2) is 0 Å². The lowest BCUT2D eigenvalue weighted by molar-refractivity contribution is 0.0927. The number of rotatable bonds is 3. The average Bonchev–Trinajstić information content (AvgIpc) is 2.69. The van der Waals surface area contributed by atoms with Crippen molar-refractivity contribution in [3.8, 4) is 0 Å². The standard InChI is InChI=1S/C22H22N2O/c25-22(20-8-4-10-21-19(20)9-5-15-23-21)24-18-13-11-17(12-14-18)16-6-2-1-3-7-16/h1-10,15,17-18H,11-14H2,(H,24,25). The van der Waals surface area contributed by atoms with E-state index < -0.39 is 0 Å². The highest BCUT2D eigenvalue weighted by atomic mass is 16.1. The number of nitrogens with one attached hydrogen (secondary N) is 1. The van der Waals surface area contributed by atoms with Gasteiger partial charge < -0.3 is 5.32 Å². The van der Waals surface area contributed by atoms with Crippen molar-refractivity contribution in [1.82, 2.24) is 10.3 Å². The van der Waals surface area contributed by atoms with E-state index in [0.29, 0.717) is 5.92 Å². The van der Waals surface area contributed by atoms with Crippen LogP contribution in [0.5, 0.6) is 0 Å². The number of benzene rings is 2. The summed E-state index contributed by atoms with van der Waals surface area (Å²) in [5.74, 6) is 0.637. The molecule has 0 radical (unpaired) electrons. The van der Waals surface area contributed by atoms with Crippen LogP contribution in [0.2, 0.25) is 0 Å². The van der Waals surface area contributed by atoms with Crippen LogP contribution < -0.4 is 5.32 Å². The lowest BCUT2D eigenvalue weighted by atomic mass is 9.81. The summed E-state index contributed by atoms with van der Waals surface area (Å²) in [5, 5.41) is 4.15. The molecule has 1 aliphatic carbocycles. The first kappa shape index (κ1) is 15.8. The zero-order chi connectivity index (χ0) is 17.1. The molecule has 1 fully saturated rings. The fourth-order valence-electron chi connectivity index (χ4n) is 3.86. The first-order chi connectivity index (χ1) is 12.3. The Morgan fingerprint density at radius 2 is 1.68 bits per heavy atom. The number of pyridine rings is 1. The molecule has 0 aliphatic heterocycles. The van der Waals surface area contributed by atoms with E-state index in [4.69, 9.17) is 0 Å². The molecule has 2 aromatic carbocycles. The summed E-state index contributed by atoms with van der Waals surface area (Å²) in [5.41, 5.74) is 3.01. The smallest absolute Gasteiger partial charge is 0.252 e. The van der Waals surface area contributed by atoms with Gasteiger partial charge in [0, 0.05) is 23.2 Å². The quantitative estimate of drug-likeness (QED) is 0.757. The number of carbonyl (C=O) groups is 1. The Kier molecular flexibility index (Phi) is 4.47. The Balaban J connectivity index is 1.42. The van der Waals surface area contributed by atoms with E-state index in [1.165, 1.54) is 5.56 Å². The van der Waals surface area contributed by atoms with Crippen LogP contribution in [-0.4, -0.2) is 16.9 Å². The van der Waals surface area contributed by atoms with Crippen molar-refractivity contribution in [3.63, 3.8) is 0 Å². The summed E-state index contributed by atoms with van der Waals surface area (Å²) >= 11 is 0. The summed E-state index contributed by atoms with van der Waals surface area (Å²) in [6, 6.07) is 20.5. The Labute approximate surface area is 148 Å². The van der Waals surface area contributed by atoms with Gasteiger partial charge in [0.2, 0.25) is 0 Å². The molecule has 3 aromatic rings. The van der Waals surface area contributed by atoms with Crippen molar-refractivity contribution in [2.45, 2.75) is 37.6 Å². The monoisotopic (exact) mass is 330 g/mol. The second-order valence-electron chi connectivity index (χ2n) is 6.81. The molecule has 0 bridgehead atoms. The lowest BCUT2D eigenvalue weighted by Crippen LogP contribution is -2.37. The topological polar surface area (TPSA) is 42.0 Å². The third-order valence-corrected chi connectivity index (χ3v) is 5.22. The SMILES string of the molecule is O=C(NC1CCC(c2ccccc2)CC1)c1cccc2ncccc12. The summed E-state index contributed by atoms with van der Waals surface area (Å²) in [4.78, 5) is 17.1. The summed E-state index contributed by atoms with van der Waals surface area (Å²) < 4.78 is 0. The van der Waals surface area contributed by atoms with Crippen molar-refractivity contribution in [1.29, 1.82) is 0 Å². The predicted octanol–water partition coefficient (Wildman–Crippen LogP) is 4.69. The zero-order valence-electron chi connectivity index (χ0n) is 14.2. The van der Waals surface area contributed by atoms with Crippen LogP contribution in [0.4, 0.5) is 0 Å². The fourth-order valence-corrected chi connectivity index (χ4v) is 3.86. The number of aromatic nitrogens is 1. The predicted molar refractivity (Wildman–Crippen MR) is 101 cm³/mol. The van der Waals surface area contributed by atoms with Gasteiger partial charge >= 0.3 is 0 Å². The van der Waals surface area contributed by atoms with Gasteiger partial charge in [0.05, 0.1) is 5.52 Å². The number of hydrogen-bond donors (Lipinski definition) is 1. The summed E-state index contributed by atoms with van der Waals surface area (Å²) in [7, 11) is 0. The van der Waals surface area contributed by atoms with Crippen LogP contribution in [0, 0.1) is 0 Å². The normalized spacial score (nSPS) is 20.3. The van der Waals surface area contributed by atoms with E-state index in [9.17, 15) is 4.79 Å². The van der Waals surface area contributed by atoms with E-state index in [1.807, 2.05) is 30.3 Å². The Morgan fingerprint density at radius 3 is 2.48 bits per heavy atom. The minimum Gasteiger partial charge on any atom is -0.349 e. The molecule has 3 heteroatoms. The Hall–Kier alpha value is -2.68. The number of amides is 1. The van der Waals surface area contributed by atoms with Gasteiger partial charge in [0.1, 0.15) is 0 Å². The Bertz CT molecular complexity index is 862. The van der Waals surface area contributed by atoms with Gasteiger partial charge in [-0.3, -0.25) is 9.78 Å². The Morgan fingerprint density at radius 1 is 0.880 bits per heavy atom. The van der Waals surface area contributed by atoms with Gasteiger partial charge in [0.25, 0.3) is 5.91 Å². The van der Waals surface area contributed by atoms with Crippen LogP contribution in [0.25, 0.3) is 10.9 Å². The van der Waals surface area contributed by atoms with E-state index in [2.05, 4.69) is 40.6 Å². The van der Waals surface area contributed by atoms with Crippen LogP contribution in [0.3, 0.4) is 0 Å². The highest BCUT2D eigenvalue weighted by molar-refractivity contribution is 6.06. The molecule has 0 spiro atoms. The van der Waals surface area contributed by atoms with E-state index in [1.54, 1.807) is 6.20 Å². The second kappa shape index (κ2) is 7.06. The first-order valence-electron chi connectivity index (χ1n) is 9.01. The molecule has 1 aromatic heterocycles. The third kappa shape index (κ3) is 3.41. The summed E-state index contributed by atoms with van der Waals surface area (Å²) in [6.07, 6.45) is 6.09. The maximum Gasteiger partial charge on any atom is 0.252 e. The number of fused-ring (bicyclic) bond motifs is 1. The lowest BCUT2D eigenvalue weighted by Gasteiger charge is -2.29. The molecule has 126 valence electrons. The first-order valence-corrected chi connectivity index (χ1v) is 9.01. The highest BCUT2D eigenvalue weighted by Crippen LogP contribution is 2.32. The maximum absolute atomic E-state index is 12.7. The number of carbonyl (C=O) groups excluding carboxylic acids is 1. The molecule has 1 saturated carbocycles. The van der Waals surface area contributed by atoms with Gasteiger partial charge in [-0.15, -0.1) is 0 Å². The molecule has 4 rings (SSSR count). The fraction of sp³-hybridized carbons (Fsp3) is 0.273. The highest BCUT2D eigenvalue weighted by Gasteiger charge is 2.24. The second-order valence-corrected chi connectivity index (χ2v) is 6.81. The van der Waals surface area contributed by atoms with Crippen molar-refractivity contribution >= 4 is 16.8 Å². The molecule has 0 saturated heterocycles. The van der Waals surface area contributed by atoms with Crippen molar-refractivity contribution in [2.75, 3.05) is 0 Å². The molecule has 0 unspecified atom stereocenters. The van der Waals surface area contributed by atoms with E-state index in [-0.39, 0.29) is 11.9 Å². The van der Waals surface area contributed by atoms with Crippen molar-refractivity contribution in [3.05, 3.63) is 78.0 Å².